The maximum atomic E-state index is 13.3. The first-order chi connectivity index (χ1) is 15.7. The lowest BCUT2D eigenvalue weighted by Crippen LogP contribution is -2.41. The predicted molar refractivity (Wildman–Crippen MR) is 129 cm³/mol. The number of aryl methyl sites for hydroxylation is 1. The third kappa shape index (κ3) is 4.09. The number of rotatable bonds is 5. The van der Waals surface area contributed by atoms with Gasteiger partial charge in [-0.1, -0.05) is 25.7 Å². The Morgan fingerprint density at radius 1 is 1.21 bits per heavy atom. The highest BCUT2D eigenvalue weighted by molar-refractivity contribution is 7.91. The Balaban J connectivity index is 1.59. The summed E-state index contributed by atoms with van der Waals surface area (Å²) in [6.07, 6.45) is 13.8. The summed E-state index contributed by atoms with van der Waals surface area (Å²) in [7, 11) is -1.63. The summed E-state index contributed by atoms with van der Waals surface area (Å²) in [6, 6.07) is 1.69. The Morgan fingerprint density at radius 3 is 2.70 bits per heavy atom. The molecule has 0 saturated heterocycles. The van der Waals surface area contributed by atoms with Gasteiger partial charge < -0.3 is 14.8 Å². The Hall–Kier alpha value is -2.61. The molecule has 1 N–H and O–H groups in total. The molecule has 0 spiro atoms. The van der Waals surface area contributed by atoms with E-state index in [1.54, 1.807) is 13.2 Å². The number of carbonyl (C=O) groups is 1. The molecule has 2 aliphatic heterocycles. The van der Waals surface area contributed by atoms with E-state index in [1.165, 1.54) is 36.5 Å². The van der Waals surface area contributed by atoms with E-state index in [0.29, 0.717) is 35.6 Å². The van der Waals surface area contributed by atoms with E-state index >= 15 is 0 Å². The molecule has 0 bridgehead atoms. The van der Waals surface area contributed by atoms with E-state index in [2.05, 4.69) is 5.32 Å². The molecule has 1 amide bonds. The lowest BCUT2D eigenvalue weighted by molar-refractivity contribution is -0.130. The summed E-state index contributed by atoms with van der Waals surface area (Å²) in [5, 5.41) is 3.41. The van der Waals surface area contributed by atoms with Crippen molar-refractivity contribution in [3.05, 3.63) is 57.2 Å². The van der Waals surface area contributed by atoms with Crippen molar-refractivity contribution in [1.29, 1.82) is 0 Å². The summed E-state index contributed by atoms with van der Waals surface area (Å²) in [4.78, 5) is 28.3. The summed E-state index contributed by atoms with van der Waals surface area (Å²) >= 11 is 0. The molecule has 1 saturated carbocycles. The molecule has 4 aliphatic rings. The summed E-state index contributed by atoms with van der Waals surface area (Å²) in [5.41, 5.74) is 4.06. The fourth-order valence-corrected chi connectivity index (χ4v) is 6.61. The fourth-order valence-electron chi connectivity index (χ4n) is 5.81. The van der Waals surface area contributed by atoms with Gasteiger partial charge in [-0.15, -0.1) is 0 Å². The van der Waals surface area contributed by atoms with Gasteiger partial charge in [-0.05, 0) is 47.6 Å². The number of sulfone groups is 1. The van der Waals surface area contributed by atoms with Crippen molar-refractivity contribution in [2.75, 3.05) is 18.6 Å². The molecule has 1 unspecified atom stereocenters. The topological polar surface area (TPSA) is 88.5 Å². The molecule has 1 atom stereocenters. The van der Waals surface area contributed by atoms with Gasteiger partial charge in [0.2, 0.25) is 5.91 Å². The molecule has 33 heavy (non-hydrogen) atoms. The number of aromatic nitrogens is 1. The van der Waals surface area contributed by atoms with Crippen molar-refractivity contribution in [2.45, 2.75) is 51.0 Å². The summed E-state index contributed by atoms with van der Waals surface area (Å²) in [6.45, 7) is 0.649. The third-order valence-corrected chi connectivity index (χ3v) is 8.22. The number of hydrogen-bond acceptors (Lipinski definition) is 5. The van der Waals surface area contributed by atoms with Crippen LogP contribution < -0.4 is 10.9 Å². The van der Waals surface area contributed by atoms with Gasteiger partial charge in [-0.25, -0.2) is 8.42 Å². The van der Waals surface area contributed by atoms with E-state index in [-0.39, 0.29) is 23.3 Å². The van der Waals surface area contributed by atoms with E-state index in [4.69, 9.17) is 0 Å². The van der Waals surface area contributed by atoms with Crippen LogP contribution in [-0.4, -0.2) is 48.4 Å². The van der Waals surface area contributed by atoms with Gasteiger partial charge in [0.15, 0.2) is 9.84 Å². The number of fused-ring (bicyclic) bond motifs is 2. The van der Waals surface area contributed by atoms with Crippen molar-refractivity contribution in [1.82, 2.24) is 14.8 Å². The van der Waals surface area contributed by atoms with Gasteiger partial charge in [0.05, 0.1) is 23.1 Å². The number of nitrogens with zero attached hydrogens (tertiary/aromatic N) is 2. The first-order valence-electron chi connectivity index (χ1n) is 11.8. The molecule has 3 heterocycles. The van der Waals surface area contributed by atoms with Crippen molar-refractivity contribution in [3.63, 3.8) is 0 Å². The van der Waals surface area contributed by atoms with Crippen LogP contribution in [0.3, 0.4) is 0 Å². The van der Waals surface area contributed by atoms with Gasteiger partial charge in [-0.3, -0.25) is 9.59 Å². The number of hydrogen-bond donors (Lipinski definition) is 1. The van der Waals surface area contributed by atoms with E-state index in [9.17, 15) is 18.0 Å². The molecule has 2 aliphatic carbocycles. The number of allylic oxidation sites excluding steroid dienone is 1. The van der Waals surface area contributed by atoms with Crippen molar-refractivity contribution in [3.8, 4) is 0 Å². The quantitative estimate of drug-likeness (QED) is 0.716. The summed E-state index contributed by atoms with van der Waals surface area (Å²) in [5.74, 6) is 0.597. The first kappa shape index (κ1) is 22.2. The van der Waals surface area contributed by atoms with Crippen LogP contribution in [0.2, 0.25) is 0 Å². The zero-order valence-corrected chi connectivity index (χ0v) is 20.1. The van der Waals surface area contributed by atoms with Crippen molar-refractivity contribution in [2.24, 2.45) is 13.0 Å². The number of amides is 1. The van der Waals surface area contributed by atoms with Crippen LogP contribution in [0.15, 0.2) is 40.5 Å². The van der Waals surface area contributed by atoms with Gasteiger partial charge in [-0.2, -0.15) is 0 Å². The molecule has 1 aromatic rings. The maximum absolute atomic E-state index is 13.3. The highest BCUT2D eigenvalue weighted by atomic mass is 32.2. The van der Waals surface area contributed by atoms with Crippen molar-refractivity contribution >= 4 is 27.0 Å². The number of pyridine rings is 1. The van der Waals surface area contributed by atoms with E-state index in [1.807, 2.05) is 23.2 Å². The standard InChI is InChI=1S/C25H31N3O4S/c1-27-12-10-19-18(15-33(2,31)32)13-17-14-28(21(29)8-7-16-5-3-4-6-16)20-9-11-26-24(22(17)20)23(19)25(27)30/h10,12-14,16,20,26H,3-9,11,15H2,1-2H3. The third-order valence-electron chi connectivity index (χ3n) is 7.39. The average Bonchev–Trinajstić information content (AvgIpc) is 3.38. The van der Waals surface area contributed by atoms with Gasteiger partial charge >= 0.3 is 0 Å². The average molecular weight is 470 g/mol. The highest BCUT2D eigenvalue weighted by Crippen LogP contribution is 2.43. The number of nitrogens with one attached hydrogen (secondary N) is 1. The smallest absolute Gasteiger partial charge is 0.260 e. The normalized spacial score (nSPS) is 22.4. The van der Waals surface area contributed by atoms with Crippen LogP contribution in [-0.2, 0) is 21.7 Å². The lowest BCUT2D eigenvalue weighted by atomic mass is 9.92. The molecular formula is C25H31N3O4S. The monoisotopic (exact) mass is 469 g/mol. The van der Waals surface area contributed by atoms with Gasteiger partial charge in [0.25, 0.3) is 5.56 Å². The zero-order chi connectivity index (χ0) is 23.3. The Labute approximate surface area is 194 Å². The molecular weight excluding hydrogens is 438 g/mol. The number of carbonyl (C=O) groups excluding carboxylic acids is 1. The molecule has 0 radical (unpaired) electrons. The van der Waals surface area contributed by atoms with Gasteiger partial charge in [0.1, 0.15) is 0 Å². The predicted octanol–water partition coefficient (Wildman–Crippen LogP) is 2.60. The van der Waals surface area contributed by atoms with Gasteiger partial charge in [0, 0.05) is 44.2 Å². The minimum Gasteiger partial charge on any atom is -0.384 e. The highest BCUT2D eigenvalue weighted by Gasteiger charge is 2.40. The van der Waals surface area contributed by atoms with Crippen LogP contribution in [0.5, 0.6) is 0 Å². The second-order valence-corrected chi connectivity index (χ2v) is 12.0. The molecule has 176 valence electrons. The molecule has 0 aromatic carbocycles. The Kier molecular flexibility index (Phi) is 5.59. The molecule has 8 heteroatoms. The minimum atomic E-state index is -3.33. The van der Waals surface area contributed by atoms with Crippen LogP contribution in [0, 0.1) is 5.92 Å². The molecule has 5 rings (SSSR count). The van der Waals surface area contributed by atoms with E-state index < -0.39 is 9.84 Å². The van der Waals surface area contributed by atoms with Crippen LogP contribution in [0.1, 0.15) is 56.1 Å². The Bertz CT molecular complexity index is 1260. The minimum absolute atomic E-state index is 0.112. The molecule has 1 aromatic heterocycles. The maximum Gasteiger partial charge on any atom is 0.260 e. The molecule has 7 nitrogen and oxygen atoms in total. The van der Waals surface area contributed by atoms with Crippen LogP contribution in [0.25, 0.3) is 11.3 Å². The van der Waals surface area contributed by atoms with Crippen molar-refractivity contribution < 1.29 is 13.2 Å². The fraction of sp³-hybridized carbons (Fsp3) is 0.520. The zero-order valence-electron chi connectivity index (χ0n) is 19.3. The van der Waals surface area contributed by atoms with E-state index in [0.717, 1.165) is 29.7 Å². The Morgan fingerprint density at radius 2 is 1.97 bits per heavy atom. The van der Waals surface area contributed by atoms with Crippen LogP contribution in [0.4, 0.5) is 0 Å². The SMILES string of the molecule is Cn1ccc2c(c1=O)C1=C3C(=CN(C(=O)CCC4CCCC4)C3CCN1)C=C2CS(C)(=O)=O. The largest absolute Gasteiger partial charge is 0.384 e. The van der Waals surface area contributed by atoms with Crippen LogP contribution >= 0.6 is 0 Å². The molecule has 1 fully saturated rings. The second kappa shape index (κ2) is 8.31. The summed E-state index contributed by atoms with van der Waals surface area (Å²) < 4.78 is 26.0. The second-order valence-electron chi connectivity index (χ2n) is 9.85. The first-order valence-corrected chi connectivity index (χ1v) is 13.9. The lowest BCUT2D eigenvalue weighted by Gasteiger charge is -2.31.